The molecule has 1 N–H and O–H groups in total. The first-order valence-corrected chi connectivity index (χ1v) is 6.35. The van der Waals surface area contributed by atoms with Crippen LogP contribution in [0, 0.1) is 49.4 Å². The molecule has 0 rings (SSSR count). The van der Waals surface area contributed by atoms with Gasteiger partial charge in [0.15, 0.2) is 0 Å². The first kappa shape index (κ1) is 17.1. The zero-order valence-corrected chi connectivity index (χ0v) is 11.7. The van der Waals surface area contributed by atoms with E-state index in [0.717, 1.165) is 25.7 Å². The zero-order valence-electron chi connectivity index (χ0n) is 8.33. The average Bonchev–Trinajstić information content (AvgIpc) is 2.01. The third-order valence-corrected chi connectivity index (χ3v) is 3.05. The van der Waals surface area contributed by atoms with Crippen LogP contribution in [0.15, 0.2) is 0 Å². The van der Waals surface area contributed by atoms with Crippen molar-refractivity contribution in [2.75, 3.05) is 12.8 Å². The van der Waals surface area contributed by atoms with E-state index >= 15 is 0 Å². The van der Waals surface area contributed by atoms with Crippen LogP contribution in [-0.2, 0) is 9.09 Å². The summed E-state index contributed by atoms with van der Waals surface area (Å²) in [6, 6.07) is 0. The van der Waals surface area contributed by atoms with Crippen molar-refractivity contribution in [3.8, 4) is 0 Å². The molecule has 1 atom stereocenters. The maximum absolute atomic E-state index is 11.2. The number of hydrogen-bond acceptors (Lipinski definition) is 2. The molecule has 0 spiro atoms. The molecule has 0 aliphatic rings. The van der Waals surface area contributed by atoms with Crippen molar-refractivity contribution in [1.29, 1.82) is 0 Å². The minimum atomic E-state index is -3.24. The number of unbranched alkanes of at least 4 members (excludes halogenated alkanes) is 2. The molecule has 0 aromatic heterocycles. The van der Waals surface area contributed by atoms with Gasteiger partial charge in [0.25, 0.3) is 0 Å². The molecule has 0 heterocycles. The SMILES string of the molecule is CCCCOP(=O)(O)CCCC.[Eu]. The second-order valence-corrected chi connectivity index (χ2v) is 4.88. The molecule has 13 heavy (non-hydrogen) atoms. The summed E-state index contributed by atoms with van der Waals surface area (Å²) in [5, 5.41) is 0. The molecule has 0 amide bonds. The maximum atomic E-state index is 11.2. The van der Waals surface area contributed by atoms with Crippen molar-refractivity contribution in [2.24, 2.45) is 0 Å². The zero-order chi connectivity index (χ0) is 9.45. The second-order valence-electron chi connectivity index (χ2n) is 2.90. The van der Waals surface area contributed by atoms with Crippen LogP contribution in [0.3, 0.4) is 0 Å². The fraction of sp³-hybridized carbons (Fsp3) is 1.00. The molecule has 0 aromatic rings. The minimum Gasteiger partial charge on any atom is -0.324 e. The summed E-state index contributed by atoms with van der Waals surface area (Å²) in [7, 11) is -3.24. The van der Waals surface area contributed by atoms with Gasteiger partial charge in [-0.05, 0) is 12.8 Å². The topological polar surface area (TPSA) is 46.5 Å². The number of hydrogen-bond donors (Lipinski definition) is 1. The van der Waals surface area contributed by atoms with Gasteiger partial charge in [-0.3, -0.25) is 4.57 Å². The summed E-state index contributed by atoms with van der Waals surface area (Å²) in [6.45, 7) is 4.43. The van der Waals surface area contributed by atoms with Gasteiger partial charge in [0.05, 0.1) is 6.61 Å². The first-order valence-electron chi connectivity index (χ1n) is 4.58. The first-order chi connectivity index (χ1) is 5.62. The average molecular weight is 346 g/mol. The van der Waals surface area contributed by atoms with E-state index in [1.807, 2.05) is 13.8 Å². The molecular formula is C8H19EuO3P. The van der Waals surface area contributed by atoms with Crippen LogP contribution in [0.5, 0.6) is 0 Å². The Hall–Kier alpha value is 1.73. The van der Waals surface area contributed by atoms with E-state index in [4.69, 9.17) is 4.52 Å². The fourth-order valence-corrected chi connectivity index (χ4v) is 2.03. The monoisotopic (exact) mass is 347 g/mol. The predicted molar refractivity (Wildman–Crippen MR) is 50.5 cm³/mol. The molecule has 0 aliphatic carbocycles. The smallest absolute Gasteiger partial charge is 0.324 e. The Morgan fingerprint density at radius 3 is 2.23 bits per heavy atom. The molecule has 3 nitrogen and oxygen atoms in total. The minimum absolute atomic E-state index is 0. The van der Waals surface area contributed by atoms with Gasteiger partial charge in [-0.2, -0.15) is 0 Å². The summed E-state index contributed by atoms with van der Waals surface area (Å²) in [5.41, 5.74) is 0. The molecule has 1 unspecified atom stereocenters. The van der Waals surface area contributed by atoms with Crippen molar-refractivity contribution in [2.45, 2.75) is 39.5 Å². The van der Waals surface area contributed by atoms with Crippen LogP contribution in [0.4, 0.5) is 0 Å². The van der Waals surface area contributed by atoms with E-state index in [1.54, 1.807) is 0 Å². The van der Waals surface area contributed by atoms with Crippen LogP contribution < -0.4 is 0 Å². The molecule has 81 valence electrons. The maximum Gasteiger partial charge on any atom is 0.328 e. The second kappa shape index (κ2) is 10.3. The van der Waals surface area contributed by atoms with Gasteiger partial charge in [-0.1, -0.05) is 26.7 Å². The number of rotatable bonds is 7. The van der Waals surface area contributed by atoms with E-state index in [0.29, 0.717) is 12.8 Å². The van der Waals surface area contributed by atoms with Gasteiger partial charge in [0.1, 0.15) is 0 Å². The molecule has 0 fully saturated rings. The van der Waals surface area contributed by atoms with Crippen molar-refractivity contribution < 1.29 is 63.4 Å². The van der Waals surface area contributed by atoms with Crippen LogP contribution >= 0.6 is 7.60 Å². The van der Waals surface area contributed by atoms with E-state index in [2.05, 4.69) is 0 Å². The molecule has 5 heteroatoms. The van der Waals surface area contributed by atoms with Gasteiger partial charge in [-0.15, -0.1) is 0 Å². The van der Waals surface area contributed by atoms with Crippen LogP contribution in [-0.4, -0.2) is 17.7 Å². The van der Waals surface area contributed by atoms with Gasteiger partial charge in [0, 0.05) is 55.5 Å². The molecule has 0 aromatic carbocycles. The summed E-state index contributed by atoms with van der Waals surface area (Å²) in [4.78, 5) is 9.21. The Kier molecular flexibility index (Phi) is 13.5. The standard InChI is InChI=1S/C8H19O3P.Eu/c1-3-5-7-11-12(9,10)8-6-4-2;/h3-8H2,1-2H3,(H,9,10);. The van der Waals surface area contributed by atoms with E-state index < -0.39 is 7.60 Å². The van der Waals surface area contributed by atoms with Gasteiger partial charge in [0.2, 0.25) is 0 Å². The van der Waals surface area contributed by atoms with Crippen molar-refractivity contribution in [3.63, 3.8) is 0 Å². The van der Waals surface area contributed by atoms with Gasteiger partial charge >= 0.3 is 7.60 Å². The largest absolute Gasteiger partial charge is 0.328 e. The third-order valence-electron chi connectivity index (χ3n) is 1.59. The van der Waals surface area contributed by atoms with Crippen LogP contribution in [0.1, 0.15) is 39.5 Å². The quantitative estimate of drug-likeness (QED) is 0.570. The Bertz CT molecular complexity index is 152. The van der Waals surface area contributed by atoms with Gasteiger partial charge in [-0.25, -0.2) is 0 Å². The Morgan fingerprint density at radius 2 is 1.77 bits per heavy atom. The van der Waals surface area contributed by atoms with E-state index in [1.165, 1.54) is 0 Å². The van der Waals surface area contributed by atoms with Crippen molar-refractivity contribution in [3.05, 3.63) is 0 Å². The third kappa shape index (κ3) is 11.7. The molecule has 0 bridgehead atoms. The predicted octanol–water partition coefficient (Wildman–Crippen LogP) is 2.79. The van der Waals surface area contributed by atoms with Crippen molar-refractivity contribution in [1.82, 2.24) is 0 Å². The van der Waals surface area contributed by atoms with Crippen LogP contribution in [0.2, 0.25) is 0 Å². The summed E-state index contributed by atoms with van der Waals surface area (Å²) < 4.78 is 16.1. The summed E-state index contributed by atoms with van der Waals surface area (Å²) in [6.07, 6.45) is 3.85. The van der Waals surface area contributed by atoms with E-state index in [9.17, 15) is 9.46 Å². The van der Waals surface area contributed by atoms with Crippen molar-refractivity contribution >= 4 is 7.60 Å². The Morgan fingerprint density at radius 1 is 1.23 bits per heavy atom. The summed E-state index contributed by atoms with van der Waals surface area (Å²) in [5.74, 6) is 0. The van der Waals surface area contributed by atoms with Crippen LogP contribution in [0.25, 0.3) is 0 Å². The fourth-order valence-electron chi connectivity index (χ4n) is 0.774. The van der Waals surface area contributed by atoms with E-state index in [-0.39, 0.29) is 49.4 Å². The molecule has 1 radical (unpaired) electrons. The van der Waals surface area contributed by atoms with Gasteiger partial charge < -0.3 is 9.42 Å². The normalized spacial score (nSPS) is 14.7. The molecular weight excluding hydrogens is 327 g/mol. The summed E-state index contributed by atoms with van der Waals surface area (Å²) >= 11 is 0. The Balaban J connectivity index is 0. The molecule has 0 saturated carbocycles. The Labute approximate surface area is 122 Å². The molecule has 0 aliphatic heterocycles. The molecule has 0 saturated heterocycles.